The van der Waals surface area contributed by atoms with Gasteiger partial charge in [0.15, 0.2) is 0 Å². The Hall–Kier alpha value is 0.490. The summed E-state index contributed by atoms with van der Waals surface area (Å²) >= 11 is 3.58. The van der Waals surface area contributed by atoms with Gasteiger partial charge in [-0.1, -0.05) is 0 Å². The van der Waals surface area contributed by atoms with E-state index in [0.717, 1.165) is 0 Å². The summed E-state index contributed by atoms with van der Waals surface area (Å²) in [5, 5.41) is 1.17. The molecule has 0 unspecified atom stereocenters. The molecule has 1 aromatic carbocycles. The normalized spacial score (nSPS) is 10.2. The first kappa shape index (κ1) is 11.6. The second-order valence-corrected chi connectivity index (χ2v) is 7.04. The van der Waals surface area contributed by atoms with Crippen LogP contribution in [0.2, 0.25) is 4.47 Å². The number of halogens is 1. The SMILES string of the molecule is BrCCCCC[Te]c1ccccc1. The van der Waals surface area contributed by atoms with Gasteiger partial charge in [0.2, 0.25) is 0 Å². The third-order valence-corrected chi connectivity index (χ3v) is 5.49. The maximum absolute atomic E-state index is 3.46. The molecule has 2 heteroatoms. The van der Waals surface area contributed by atoms with Crippen molar-refractivity contribution in [2.75, 3.05) is 5.33 Å². The van der Waals surface area contributed by atoms with Crippen molar-refractivity contribution >= 4 is 40.5 Å². The first-order valence-electron chi connectivity index (χ1n) is 4.67. The van der Waals surface area contributed by atoms with Crippen LogP contribution in [0.3, 0.4) is 0 Å². The van der Waals surface area contributed by atoms with Gasteiger partial charge < -0.3 is 0 Å². The van der Waals surface area contributed by atoms with Crippen LogP contribution in [0.1, 0.15) is 19.3 Å². The Labute approximate surface area is 99.3 Å². The molecule has 0 heterocycles. The summed E-state index contributed by atoms with van der Waals surface area (Å²) in [4.78, 5) is 0. The Morgan fingerprint density at radius 1 is 1.00 bits per heavy atom. The number of hydrogen-bond donors (Lipinski definition) is 0. The van der Waals surface area contributed by atoms with E-state index in [-0.39, 0.29) is 20.9 Å². The second kappa shape index (κ2) is 7.85. The zero-order valence-corrected chi connectivity index (χ0v) is 11.6. The summed E-state index contributed by atoms with van der Waals surface area (Å²) in [6.45, 7) is 0. The molecule has 0 spiro atoms. The van der Waals surface area contributed by atoms with Crippen molar-refractivity contribution in [2.45, 2.75) is 23.7 Å². The Bertz CT molecular complexity index is 211. The van der Waals surface area contributed by atoms with E-state index in [2.05, 4.69) is 46.3 Å². The summed E-state index contributed by atoms with van der Waals surface area (Å²) in [5.41, 5.74) is 0. The molecule has 0 aromatic heterocycles. The third-order valence-electron chi connectivity index (χ3n) is 1.79. The zero-order chi connectivity index (χ0) is 9.36. The minimum atomic E-state index is 0.122. The molecule has 0 saturated carbocycles. The van der Waals surface area contributed by atoms with Crippen LogP contribution in [0.5, 0.6) is 0 Å². The van der Waals surface area contributed by atoms with Crippen LogP contribution in [0.4, 0.5) is 0 Å². The summed E-state index contributed by atoms with van der Waals surface area (Å²) in [7, 11) is 0. The van der Waals surface area contributed by atoms with E-state index in [9.17, 15) is 0 Å². The maximum atomic E-state index is 3.46. The molecular formula is C11H15BrTe. The average molecular weight is 355 g/mol. The van der Waals surface area contributed by atoms with Crippen molar-refractivity contribution in [1.82, 2.24) is 0 Å². The first-order chi connectivity index (χ1) is 6.43. The summed E-state index contributed by atoms with van der Waals surface area (Å²) < 4.78 is 3.06. The molecule has 0 amide bonds. The quantitative estimate of drug-likeness (QED) is 0.418. The van der Waals surface area contributed by atoms with Crippen molar-refractivity contribution in [3.63, 3.8) is 0 Å². The van der Waals surface area contributed by atoms with E-state index in [4.69, 9.17) is 0 Å². The van der Waals surface area contributed by atoms with Crippen molar-refractivity contribution in [2.24, 2.45) is 0 Å². The zero-order valence-electron chi connectivity index (χ0n) is 7.71. The average Bonchev–Trinajstić information content (AvgIpc) is 2.19. The Balaban J connectivity index is 2.07. The van der Waals surface area contributed by atoms with Crippen LogP contribution in [0.15, 0.2) is 30.3 Å². The van der Waals surface area contributed by atoms with Crippen molar-refractivity contribution in [3.05, 3.63) is 30.3 Å². The van der Waals surface area contributed by atoms with Gasteiger partial charge in [0.25, 0.3) is 0 Å². The van der Waals surface area contributed by atoms with Crippen LogP contribution >= 0.6 is 15.9 Å². The molecule has 0 atom stereocenters. The van der Waals surface area contributed by atoms with Gasteiger partial charge in [-0.25, -0.2) is 0 Å². The first-order valence-corrected chi connectivity index (χ1v) is 8.61. The summed E-state index contributed by atoms with van der Waals surface area (Å²) in [5.74, 6) is 0. The molecule has 0 aliphatic carbocycles. The topological polar surface area (TPSA) is 0 Å². The molecule has 0 nitrogen and oxygen atoms in total. The number of unbranched alkanes of at least 4 members (excludes halogenated alkanes) is 2. The van der Waals surface area contributed by atoms with Crippen molar-refractivity contribution < 1.29 is 0 Å². The number of benzene rings is 1. The standard InChI is InChI=1S/C11H15BrTe/c12-9-5-2-6-10-13-11-7-3-1-4-8-11/h1,3-4,7-8H,2,5-6,9-10H2. The van der Waals surface area contributed by atoms with E-state index in [1.807, 2.05) is 0 Å². The van der Waals surface area contributed by atoms with Gasteiger partial charge in [0, 0.05) is 0 Å². The van der Waals surface area contributed by atoms with Gasteiger partial charge in [-0.05, 0) is 0 Å². The molecule has 0 aliphatic heterocycles. The molecule has 0 radical (unpaired) electrons. The van der Waals surface area contributed by atoms with E-state index in [1.54, 1.807) is 3.61 Å². The fourth-order valence-electron chi connectivity index (χ4n) is 1.08. The van der Waals surface area contributed by atoms with E-state index < -0.39 is 0 Å². The molecule has 1 aromatic rings. The fourth-order valence-corrected chi connectivity index (χ4v) is 4.14. The van der Waals surface area contributed by atoms with E-state index >= 15 is 0 Å². The van der Waals surface area contributed by atoms with Gasteiger partial charge in [-0.3, -0.25) is 0 Å². The Morgan fingerprint density at radius 2 is 1.77 bits per heavy atom. The van der Waals surface area contributed by atoms with Gasteiger partial charge in [0.1, 0.15) is 0 Å². The Morgan fingerprint density at radius 3 is 2.46 bits per heavy atom. The second-order valence-electron chi connectivity index (χ2n) is 2.91. The van der Waals surface area contributed by atoms with Crippen LogP contribution in [-0.4, -0.2) is 26.3 Å². The molecule has 0 fully saturated rings. The number of rotatable bonds is 6. The predicted molar refractivity (Wildman–Crippen MR) is 64.3 cm³/mol. The Kier molecular flexibility index (Phi) is 6.99. The van der Waals surface area contributed by atoms with Gasteiger partial charge >= 0.3 is 99.9 Å². The summed E-state index contributed by atoms with van der Waals surface area (Å²) in [6.07, 6.45) is 4.15. The van der Waals surface area contributed by atoms with Crippen molar-refractivity contribution in [3.8, 4) is 0 Å². The van der Waals surface area contributed by atoms with E-state index in [1.165, 1.54) is 29.1 Å². The third kappa shape index (κ3) is 5.73. The number of hydrogen-bond acceptors (Lipinski definition) is 0. The van der Waals surface area contributed by atoms with Gasteiger partial charge in [0.05, 0.1) is 0 Å². The molecule has 0 N–H and O–H groups in total. The minimum absolute atomic E-state index is 0.122. The molecule has 72 valence electrons. The molecule has 13 heavy (non-hydrogen) atoms. The fraction of sp³-hybridized carbons (Fsp3) is 0.455. The van der Waals surface area contributed by atoms with Crippen LogP contribution in [0.25, 0.3) is 0 Å². The number of alkyl halides is 1. The van der Waals surface area contributed by atoms with Crippen molar-refractivity contribution in [1.29, 1.82) is 0 Å². The molecule has 1 rings (SSSR count). The van der Waals surface area contributed by atoms with Crippen LogP contribution in [-0.2, 0) is 0 Å². The summed E-state index contributed by atoms with van der Waals surface area (Å²) in [6, 6.07) is 10.9. The van der Waals surface area contributed by atoms with Crippen LogP contribution in [0, 0.1) is 0 Å². The monoisotopic (exact) mass is 356 g/mol. The molecule has 0 bridgehead atoms. The molecule has 0 aliphatic rings. The molecular weight excluding hydrogens is 340 g/mol. The van der Waals surface area contributed by atoms with Gasteiger partial charge in [-0.15, -0.1) is 0 Å². The van der Waals surface area contributed by atoms with E-state index in [0.29, 0.717) is 0 Å². The van der Waals surface area contributed by atoms with Gasteiger partial charge in [-0.2, -0.15) is 0 Å². The predicted octanol–water partition coefficient (Wildman–Crippen LogP) is 3.00. The van der Waals surface area contributed by atoms with Crippen LogP contribution < -0.4 is 3.61 Å². The molecule has 0 saturated heterocycles.